The number of carbonyl (C=O) groups is 1. The van der Waals surface area contributed by atoms with Crippen molar-refractivity contribution in [3.05, 3.63) is 54.1 Å². The number of aliphatic hydroxyl groups excluding tert-OH is 4. The van der Waals surface area contributed by atoms with Crippen LogP contribution in [0.25, 0.3) is 0 Å². The molecule has 9 heteroatoms. The van der Waals surface area contributed by atoms with Gasteiger partial charge in [0, 0.05) is 0 Å². The van der Waals surface area contributed by atoms with Crippen molar-refractivity contribution < 1.29 is 44.2 Å². The quantitative estimate of drug-likeness (QED) is 0.504. The second-order valence-electron chi connectivity index (χ2n) is 6.42. The van der Waals surface area contributed by atoms with Crippen LogP contribution < -0.4 is 9.47 Å². The van der Waals surface area contributed by atoms with E-state index in [2.05, 4.69) is 0 Å². The van der Waals surface area contributed by atoms with E-state index >= 15 is 0 Å². The van der Waals surface area contributed by atoms with Gasteiger partial charge in [-0.25, -0.2) is 4.79 Å². The molecule has 0 aliphatic carbocycles. The SMILES string of the molecule is COc1cc(C(=O)OC[C@H]2OC(O)[C@H](O)[C@@H](O)[C@@H]2O)ccc1Oc1ccccc1. The zero-order valence-corrected chi connectivity index (χ0v) is 15.5. The fourth-order valence-corrected chi connectivity index (χ4v) is 2.80. The predicted molar refractivity (Wildman–Crippen MR) is 98.7 cm³/mol. The van der Waals surface area contributed by atoms with Gasteiger partial charge in [0.05, 0.1) is 12.7 Å². The fraction of sp³-hybridized carbons (Fsp3) is 0.350. The van der Waals surface area contributed by atoms with E-state index in [1.54, 1.807) is 18.2 Å². The van der Waals surface area contributed by atoms with Crippen molar-refractivity contribution in [1.29, 1.82) is 0 Å². The lowest BCUT2D eigenvalue weighted by Crippen LogP contribution is -2.58. The molecule has 1 aliphatic heterocycles. The third-order valence-corrected chi connectivity index (χ3v) is 4.44. The summed E-state index contributed by atoms with van der Waals surface area (Å²) in [6.07, 6.45) is -7.71. The van der Waals surface area contributed by atoms with E-state index in [-0.39, 0.29) is 5.56 Å². The van der Waals surface area contributed by atoms with E-state index in [9.17, 15) is 25.2 Å². The van der Waals surface area contributed by atoms with Crippen LogP contribution in [0.15, 0.2) is 48.5 Å². The minimum Gasteiger partial charge on any atom is -0.493 e. The average molecular weight is 406 g/mol. The molecular formula is C20H22O9. The van der Waals surface area contributed by atoms with E-state index in [1.807, 2.05) is 18.2 Å². The number of esters is 1. The monoisotopic (exact) mass is 406 g/mol. The molecule has 156 valence electrons. The Balaban J connectivity index is 1.65. The molecule has 1 heterocycles. The number of rotatable bonds is 6. The van der Waals surface area contributed by atoms with Gasteiger partial charge in [0.25, 0.3) is 0 Å². The third kappa shape index (κ3) is 4.84. The molecule has 9 nitrogen and oxygen atoms in total. The van der Waals surface area contributed by atoms with Crippen molar-refractivity contribution in [2.75, 3.05) is 13.7 Å². The fourth-order valence-electron chi connectivity index (χ4n) is 2.80. The molecule has 0 spiro atoms. The zero-order valence-electron chi connectivity index (χ0n) is 15.5. The van der Waals surface area contributed by atoms with Gasteiger partial charge in [-0.3, -0.25) is 0 Å². The van der Waals surface area contributed by atoms with Crippen molar-refractivity contribution in [3.8, 4) is 17.2 Å². The maximum absolute atomic E-state index is 12.3. The molecule has 1 saturated heterocycles. The number of ether oxygens (including phenoxy) is 4. The van der Waals surface area contributed by atoms with E-state index < -0.39 is 43.3 Å². The van der Waals surface area contributed by atoms with Gasteiger partial charge in [-0.15, -0.1) is 0 Å². The molecule has 29 heavy (non-hydrogen) atoms. The van der Waals surface area contributed by atoms with Gasteiger partial charge in [-0.1, -0.05) is 18.2 Å². The number of methoxy groups -OCH3 is 1. The maximum Gasteiger partial charge on any atom is 0.338 e. The largest absolute Gasteiger partial charge is 0.493 e. The van der Waals surface area contributed by atoms with Gasteiger partial charge >= 0.3 is 5.97 Å². The Morgan fingerprint density at radius 1 is 0.966 bits per heavy atom. The Morgan fingerprint density at radius 2 is 1.69 bits per heavy atom. The van der Waals surface area contributed by atoms with E-state index in [0.29, 0.717) is 17.2 Å². The topological polar surface area (TPSA) is 135 Å². The molecule has 1 fully saturated rings. The van der Waals surface area contributed by atoms with Crippen molar-refractivity contribution in [2.24, 2.45) is 0 Å². The van der Waals surface area contributed by atoms with Crippen LogP contribution >= 0.6 is 0 Å². The molecule has 0 bridgehead atoms. The number of aliphatic hydroxyl groups is 4. The molecule has 2 aromatic carbocycles. The molecule has 0 amide bonds. The molecule has 5 atom stereocenters. The first-order valence-electron chi connectivity index (χ1n) is 8.86. The Hall–Kier alpha value is -2.69. The standard InChI is InChI=1S/C20H22O9/c1-26-14-9-11(7-8-13(14)28-12-5-3-2-4-6-12)19(24)27-10-15-16(21)17(22)18(23)20(25)29-15/h2-9,15-18,20-23,25H,10H2,1H3/t15-,16-,17+,18-,20?/m1/s1. The normalized spacial score (nSPS) is 26.6. The number of benzene rings is 2. The van der Waals surface area contributed by atoms with Crippen LogP contribution in [0.4, 0.5) is 0 Å². The number of hydrogen-bond donors (Lipinski definition) is 4. The van der Waals surface area contributed by atoms with Gasteiger partial charge in [-0.2, -0.15) is 0 Å². The number of para-hydroxylation sites is 1. The summed E-state index contributed by atoms with van der Waals surface area (Å²) in [5, 5.41) is 38.6. The second kappa shape index (κ2) is 9.21. The Morgan fingerprint density at radius 3 is 2.38 bits per heavy atom. The smallest absolute Gasteiger partial charge is 0.338 e. The highest BCUT2D eigenvalue weighted by Gasteiger charge is 2.43. The Kier molecular flexibility index (Phi) is 6.68. The lowest BCUT2D eigenvalue weighted by Gasteiger charge is -2.37. The summed E-state index contributed by atoms with van der Waals surface area (Å²) < 4.78 is 21.1. The molecule has 1 unspecified atom stereocenters. The molecule has 1 aliphatic rings. The predicted octanol–water partition coefficient (Wildman–Crippen LogP) is 0.444. The van der Waals surface area contributed by atoms with Crippen LogP contribution in [0.1, 0.15) is 10.4 Å². The lowest BCUT2D eigenvalue weighted by molar-refractivity contribution is -0.286. The minimum atomic E-state index is -1.70. The van der Waals surface area contributed by atoms with Crippen LogP contribution in [0, 0.1) is 0 Å². The van der Waals surface area contributed by atoms with E-state index in [4.69, 9.17) is 18.9 Å². The van der Waals surface area contributed by atoms with Gasteiger partial charge < -0.3 is 39.4 Å². The van der Waals surface area contributed by atoms with Crippen molar-refractivity contribution >= 4 is 5.97 Å². The molecular weight excluding hydrogens is 384 g/mol. The highest BCUT2D eigenvalue weighted by molar-refractivity contribution is 5.90. The summed E-state index contributed by atoms with van der Waals surface area (Å²) in [7, 11) is 1.43. The second-order valence-corrected chi connectivity index (χ2v) is 6.42. The van der Waals surface area contributed by atoms with E-state index in [1.165, 1.54) is 19.2 Å². The molecule has 0 radical (unpaired) electrons. The molecule has 4 N–H and O–H groups in total. The van der Waals surface area contributed by atoms with Crippen molar-refractivity contribution in [3.63, 3.8) is 0 Å². The molecule has 0 aromatic heterocycles. The van der Waals surface area contributed by atoms with Crippen LogP contribution in [-0.4, -0.2) is 70.8 Å². The maximum atomic E-state index is 12.3. The third-order valence-electron chi connectivity index (χ3n) is 4.44. The summed E-state index contributed by atoms with van der Waals surface area (Å²) in [4.78, 5) is 12.3. The summed E-state index contributed by atoms with van der Waals surface area (Å²) in [5.74, 6) is 0.581. The van der Waals surface area contributed by atoms with Gasteiger partial charge in [0.1, 0.15) is 36.8 Å². The zero-order chi connectivity index (χ0) is 21.0. The number of hydrogen-bond acceptors (Lipinski definition) is 9. The first kappa shape index (κ1) is 21.0. The summed E-state index contributed by atoms with van der Waals surface area (Å²) in [6, 6.07) is 13.5. The number of carbonyl (C=O) groups excluding carboxylic acids is 1. The van der Waals surface area contributed by atoms with E-state index in [0.717, 1.165) is 0 Å². The van der Waals surface area contributed by atoms with Gasteiger partial charge in [0.15, 0.2) is 17.8 Å². The molecule has 3 rings (SSSR count). The van der Waals surface area contributed by atoms with Crippen molar-refractivity contribution in [2.45, 2.75) is 30.7 Å². The average Bonchev–Trinajstić information content (AvgIpc) is 2.74. The van der Waals surface area contributed by atoms with Gasteiger partial charge in [-0.05, 0) is 30.3 Å². The van der Waals surface area contributed by atoms with Crippen LogP contribution in [0.2, 0.25) is 0 Å². The summed E-state index contributed by atoms with van der Waals surface area (Å²) in [6.45, 7) is -0.439. The van der Waals surface area contributed by atoms with Crippen LogP contribution in [0.5, 0.6) is 17.2 Å². The summed E-state index contributed by atoms with van der Waals surface area (Å²) in [5.41, 5.74) is 0.161. The van der Waals surface area contributed by atoms with Crippen LogP contribution in [-0.2, 0) is 9.47 Å². The Bertz CT molecular complexity index is 826. The first-order chi connectivity index (χ1) is 13.9. The highest BCUT2D eigenvalue weighted by Crippen LogP contribution is 2.32. The minimum absolute atomic E-state index is 0.161. The van der Waals surface area contributed by atoms with Gasteiger partial charge in [0.2, 0.25) is 0 Å². The molecule has 2 aromatic rings. The van der Waals surface area contributed by atoms with Crippen LogP contribution in [0.3, 0.4) is 0 Å². The van der Waals surface area contributed by atoms with Crippen molar-refractivity contribution in [1.82, 2.24) is 0 Å². The first-order valence-corrected chi connectivity index (χ1v) is 8.86. The molecule has 0 saturated carbocycles. The summed E-state index contributed by atoms with van der Waals surface area (Å²) >= 11 is 0. The Labute approximate surface area is 166 Å². The highest BCUT2D eigenvalue weighted by atomic mass is 16.6. The lowest BCUT2D eigenvalue weighted by atomic mass is 9.99.